The van der Waals surface area contributed by atoms with Crippen molar-refractivity contribution in [2.45, 2.75) is 106 Å². The van der Waals surface area contributed by atoms with E-state index in [1.165, 1.54) is 50.5 Å². The zero-order valence-corrected chi connectivity index (χ0v) is 21.7. The monoisotopic (exact) mass is 439 g/mol. The molecule has 0 radical (unpaired) electrons. The van der Waals surface area contributed by atoms with E-state index in [1.54, 1.807) is 0 Å². The van der Waals surface area contributed by atoms with E-state index >= 15 is 0 Å². The van der Waals surface area contributed by atoms with Crippen LogP contribution in [0.4, 0.5) is 0 Å². The number of allylic oxidation sites excluding steroid dienone is 3. The van der Waals surface area contributed by atoms with Crippen molar-refractivity contribution in [3.05, 3.63) is 28.1 Å². The van der Waals surface area contributed by atoms with Crippen LogP contribution in [0.2, 0.25) is 0 Å². The minimum Gasteiger partial charge on any atom is -0.505 e. The molecule has 4 rings (SSSR count). The third kappa shape index (κ3) is 3.47. The van der Waals surface area contributed by atoms with Crippen LogP contribution in [0.3, 0.4) is 0 Å². The van der Waals surface area contributed by atoms with Gasteiger partial charge in [0.1, 0.15) is 0 Å². The summed E-state index contributed by atoms with van der Waals surface area (Å²) in [7, 11) is 0. The Morgan fingerprint density at radius 1 is 1.06 bits per heavy atom. The van der Waals surface area contributed by atoms with E-state index in [0.29, 0.717) is 23.5 Å². The Labute approximate surface area is 196 Å². The molecule has 4 aliphatic rings. The molecular weight excluding hydrogens is 392 g/mol. The van der Waals surface area contributed by atoms with Gasteiger partial charge in [0, 0.05) is 5.41 Å². The molecule has 178 valence electrons. The quantitative estimate of drug-likeness (QED) is 0.343. The number of diazo groups is 1. The molecule has 3 nitrogen and oxygen atoms in total. The summed E-state index contributed by atoms with van der Waals surface area (Å²) in [6, 6.07) is 0. The maximum Gasteiger partial charge on any atom is 0.400 e. The molecule has 0 aromatic carbocycles. The van der Waals surface area contributed by atoms with Gasteiger partial charge in [-0.3, -0.25) is 0 Å². The fourth-order valence-electron chi connectivity index (χ4n) is 9.32. The Morgan fingerprint density at radius 2 is 1.78 bits per heavy atom. The number of hydrogen-bond acceptors (Lipinski definition) is 2. The van der Waals surface area contributed by atoms with Crippen molar-refractivity contribution in [2.75, 3.05) is 0 Å². The van der Waals surface area contributed by atoms with Crippen LogP contribution in [-0.4, -0.2) is 5.11 Å². The summed E-state index contributed by atoms with van der Waals surface area (Å²) in [6.07, 6.45) is 13.8. The van der Waals surface area contributed by atoms with Gasteiger partial charge in [-0.25, -0.2) is 0 Å². The number of aliphatic hydroxyl groups excluding tert-OH is 1. The van der Waals surface area contributed by atoms with E-state index in [1.807, 2.05) is 0 Å². The lowest BCUT2D eigenvalue weighted by molar-refractivity contribution is -0.0515. The molecule has 0 aromatic rings. The van der Waals surface area contributed by atoms with Crippen LogP contribution in [-0.2, 0) is 0 Å². The van der Waals surface area contributed by atoms with Gasteiger partial charge in [-0.2, -0.15) is 0 Å². The van der Waals surface area contributed by atoms with Crippen LogP contribution in [0, 0.1) is 57.1 Å². The molecule has 3 heteroatoms. The van der Waals surface area contributed by atoms with Crippen molar-refractivity contribution in [3.63, 3.8) is 0 Å². The van der Waals surface area contributed by atoms with Gasteiger partial charge >= 0.3 is 5.70 Å². The highest BCUT2D eigenvalue weighted by Gasteiger charge is 2.62. The average Bonchev–Trinajstić information content (AvgIpc) is 3.08. The predicted octanol–water partition coefficient (Wildman–Crippen LogP) is 8.90. The SMILES string of the molecule is CC(C)CCCC(C)C1CCC2C3CC=C4C(C)(C)C(O)=C([N+]#N)CC4(C)C3CCC12C. The lowest BCUT2D eigenvalue weighted by atomic mass is 9.45. The van der Waals surface area contributed by atoms with Gasteiger partial charge in [-0.1, -0.05) is 65.5 Å². The molecule has 4 aliphatic carbocycles. The molecule has 0 aliphatic heterocycles. The third-order valence-electron chi connectivity index (χ3n) is 10.9. The predicted molar refractivity (Wildman–Crippen MR) is 132 cm³/mol. The Balaban J connectivity index is 1.58. The van der Waals surface area contributed by atoms with Gasteiger partial charge in [0.25, 0.3) is 0 Å². The van der Waals surface area contributed by atoms with Gasteiger partial charge < -0.3 is 5.11 Å². The van der Waals surface area contributed by atoms with E-state index in [0.717, 1.165) is 36.0 Å². The molecule has 1 N–H and O–H groups in total. The third-order valence-corrected chi connectivity index (χ3v) is 10.9. The molecule has 2 fully saturated rings. The topological polar surface area (TPSA) is 48.4 Å². The maximum atomic E-state index is 10.8. The van der Waals surface area contributed by atoms with Crippen LogP contribution < -0.4 is 0 Å². The van der Waals surface area contributed by atoms with E-state index in [2.05, 4.69) is 59.5 Å². The minimum absolute atomic E-state index is 0.0114. The summed E-state index contributed by atoms with van der Waals surface area (Å²) >= 11 is 0. The normalized spacial score (nSPS) is 41.4. The molecule has 7 atom stereocenters. The van der Waals surface area contributed by atoms with Crippen molar-refractivity contribution >= 4 is 0 Å². The highest BCUT2D eigenvalue weighted by Crippen LogP contribution is 2.69. The van der Waals surface area contributed by atoms with Crippen molar-refractivity contribution in [2.24, 2.45) is 51.8 Å². The number of fused-ring (bicyclic) bond motifs is 5. The molecule has 0 heterocycles. The fourth-order valence-corrected chi connectivity index (χ4v) is 9.32. The smallest absolute Gasteiger partial charge is 0.400 e. The number of aliphatic hydroxyl groups is 1. The zero-order chi connectivity index (χ0) is 23.5. The van der Waals surface area contributed by atoms with E-state index < -0.39 is 5.41 Å². The van der Waals surface area contributed by atoms with Gasteiger partial charge in [-0.15, -0.1) is 0 Å². The van der Waals surface area contributed by atoms with Crippen LogP contribution in [0.1, 0.15) is 106 Å². The standard InChI is InChI=1S/C29H46N2O/c1-18(2)9-8-10-19(3)21-12-13-22-20-11-14-25-27(4,5)26(32)24(31-30)17-29(25,7)23(20)15-16-28(21,22)6/h14,18-23H,8-13,15-17H2,1-7H3/p+1. The van der Waals surface area contributed by atoms with Crippen LogP contribution in [0.5, 0.6) is 0 Å². The van der Waals surface area contributed by atoms with E-state index in [-0.39, 0.29) is 11.2 Å². The molecule has 0 aromatic heterocycles. The first-order valence-electron chi connectivity index (χ1n) is 13.5. The first-order chi connectivity index (χ1) is 15.0. The summed E-state index contributed by atoms with van der Waals surface area (Å²) < 4.78 is 0. The Morgan fingerprint density at radius 3 is 2.44 bits per heavy atom. The first-order valence-corrected chi connectivity index (χ1v) is 13.5. The molecular formula is C29H47N2O+. The van der Waals surface area contributed by atoms with Crippen LogP contribution in [0.15, 0.2) is 23.1 Å². The van der Waals surface area contributed by atoms with Crippen molar-refractivity contribution in [1.29, 1.82) is 5.39 Å². The van der Waals surface area contributed by atoms with Gasteiger partial charge in [0.2, 0.25) is 5.39 Å². The highest BCUT2D eigenvalue weighted by molar-refractivity contribution is 5.42. The van der Waals surface area contributed by atoms with Gasteiger partial charge in [0.15, 0.2) is 10.7 Å². The summed E-state index contributed by atoms with van der Waals surface area (Å²) in [6.45, 7) is 16.5. The highest BCUT2D eigenvalue weighted by atomic mass is 16.3. The largest absolute Gasteiger partial charge is 0.505 e. The Hall–Kier alpha value is -1.30. The summed E-state index contributed by atoms with van der Waals surface area (Å²) in [5.41, 5.74) is 1.92. The molecule has 32 heavy (non-hydrogen) atoms. The molecule has 0 bridgehead atoms. The molecule has 0 amide bonds. The van der Waals surface area contributed by atoms with Crippen molar-refractivity contribution in [3.8, 4) is 0 Å². The number of rotatable bonds is 5. The van der Waals surface area contributed by atoms with E-state index in [4.69, 9.17) is 0 Å². The molecule has 0 spiro atoms. The Bertz CT molecular complexity index is 846. The second-order valence-electron chi connectivity index (χ2n) is 13.4. The minimum atomic E-state index is -0.441. The molecule has 2 saturated carbocycles. The summed E-state index contributed by atoms with van der Waals surface area (Å²) in [5.74, 6) is 4.94. The molecule has 7 unspecified atom stereocenters. The van der Waals surface area contributed by atoms with Crippen molar-refractivity contribution < 1.29 is 5.11 Å². The molecule has 0 saturated heterocycles. The average molecular weight is 440 g/mol. The summed E-state index contributed by atoms with van der Waals surface area (Å²) in [5, 5.41) is 20.5. The van der Waals surface area contributed by atoms with Gasteiger partial charge in [0.05, 0.1) is 11.8 Å². The van der Waals surface area contributed by atoms with Gasteiger partial charge in [-0.05, 0) is 86.9 Å². The van der Waals surface area contributed by atoms with Crippen LogP contribution in [0.25, 0.3) is 4.98 Å². The summed E-state index contributed by atoms with van der Waals surface area (Å²) in [4.78, 5) is 3.56. The van der Waals surface area contributed by atoms with E-state index in [9.17, 15) is 10.5 Å². The second kappa shape index (κ2) is 8.18. The zero-order valence-electron chi connectivity index (χ0n) is 21.7. The van der Waals surface area contributed by atoms with Crippen molar-refractivity contribution in [1.82, 2.24) is 0 Å². The maximum absolute atomic E-state index is 10.8. The lowest BCUT2D eigenvalue weighted by Crippen LogP contribution is -2.52. The first kappa shape index (κ1) is 23.8. The Kier molecular flexibility index (Phi) is 6.09. The second-order valence-corrected chi connectivity index (χ2v) is 13.4. The number of nitrogens with zero attached hydrogens (tertiary/aromatic N) is 2. The number of hydrogen-bond donors (Lipinski definition) is 1. The van der Waals surface area contributed by atoms with Crippen LogP contribution >= 0.6 is 0 Å². The fraction of sp³-hybridized carbons (Fsp3) is 0.862. The lowest BCUT2D eigenvalue weighted by Gasteiger charge is -2.59.